The maximum absolute atomic E-state index is 11.3. The summed E-state index contributed by atoms with van der Waals surface area (Å²) in [5, 5.41) is 9.78. The van der Waals surface area contributed by atoms with Crippen LogP contribution in [0.4, 0.5) is 0 Å². The number of hydrogen-bond donors (Lipinski definition) is 1. The van der Waals surface area contributed by atoms with E-state index in [1.807, 2.05) is 26.0 Å². The Morgan fingerprint density at radius 2 is 2.00 bits per heavy atom. The topological polar surface area (TPSA) is 51.5 Å². The zero-order chi connectivity index (χ0) is 14.9. The fraction of sp³-hybridized carbons (Fsp3) is 0.267. The predicted octanol–water partition coefficient (Wildman–Crippen LogP) is 4.10. The third kappa shape index (κ3) is 2.51. The molecule has 4 nitrogen and oxygen atoms in total. The Kier molecular flexibility index (Phi) is 4.04. The Morgan fingerprint density at radius 1 is 1.30 bits per heavy atom. The van der Waals surface area contributed by atoms with Gasteiger partial charge in [0.2, 0.25) is 0 Å². The zero-order valence-electron chi connectivity index (χ0n) is 11.6. The summed E-state index contributed by atoms with van der Waals surface area (Å²) in [5.41, 5.74) is 1.96. The van der Waals surface area contributed by atoms with E-state index in [0.29, 0.717) is 10.8 Å². The van der Waals surface area contributed by atoms with Gasteiger partial charge in [-0.2, -0.15) is 0 Å². The normalized spacial score (nSPS) is 10.8. The van der Waals surface area contributed by atoms with Crippen molar-refractivity contribution in [2.75, 3.05) is 7.11 Å². The summed E-state index contributed by atoms with van der Waals surface area (Å²) >= 11 is 6.02. The predicted molar refractivity (Wildman–Crippen MR) is 78.8 cm³/mol. The molecule has 20 heavy (non-hydrogen) atoms. The minimum Gasteiger partial charge on any atom is -0.495 e. The summed E-state index contributed by atoms with van der Waals surface area (Å²) < 4.78 is 6.99. The minimum absolute atomic E-state index is 0.0350. The molecule has 0 aliphatic carbocycles. The van der Waals surface area contributed by atoms with Crippen LogP contribution in [0.2, 0.25) is 5.02 Å². The van der Waals surface area contributed by atoms with Crippen molar-refractivity contribution < 1.29 is 14.6 Å². The van der Waals surface area contributed by atoms with E-state index in [9.17, 15) is 9.90 Å². The van der Waals surface area contributed by atoms with Gasteiger partial charge in [0.15, 0.2) is 0 Å². The van der Waals surface area contributed by atoms with Crippen LogP contribution in [0.25, 0.3) is 11.3 Å². The van der Waals surface area contributed by atoms with Gasteiger partial charge in [0.25, 0.3) is 0 Å². The highest BCUT2D eigenvalue weighted by Crippen LogP contribution is 2.32. The van der Waals surface area contributed by atoms with E-state index in [-0.39, 0.29) is 11.7 Å². The van der Waals surface area contributed by atoms with Crippen LogP contribution in [0.5, 0.6) is 5.75 Å². The lowest BCUT2D eigenvalue weighted by Gasteiger charge is -2.16. The number of aromatic nitrogens is 1. The average Bonchev–Trinajstić information content (AvgIpc) is 2.84. The van der Waals surface area contributed by atoms with Gasteiger partial charge >= 0.3 is 5.97 Å². The molecule has 0 amide bonds. The smallest absolute Gasteiger partial charge is 0.352 e. The SMILES string of the molecule is COc1cc(-c2ccc(C(=O)O)n2C(C)C)ccc1Cl. The number of hydrogen-bond acceptors (Lipinski definition) is 2. The summed E-state index contributed by atoms with van der Waals surface area (Å²) in [6.45, 7) is 3.90. The number of halogens is 1. The van der Waals surface area contributed by atoms with Crippen LogP contribution in [0.1, 0.15) is 30.4 Å². The maximum atomic E-state index is 11.3. The van der Waals surface area contributed by atoms with Gasteiger partial charge in [0, 0.05) is 17.3 Å². The van der Waals surface area contributed by atoms with Crippen LogP contribution < -0.4 is 4.74 Å². The molecule has 1 N–H and O–H groups in total. The van der Waals surface area contributed by atoms with Crippen LogP contribution in [0.15, 0.2) is 30.3 Å². The molecular weight excluding hydrogens is 278 g/mol. The molecule has 5 heteroatoms. The van der Waals surface area contributed by atoms with Gasteiger partial charge in [-0.1, -0.05) is 17.7 Å². The highest BCUT2D eigenvalue weighted by atomic mass is 35.5. The van der Waals surface area contributed by atoms with Crippen molar-refractivity contribution in [2.24, 2.45) is 0 Å². The molecular formula is C15H16ClNO3. The van der Waals surface area contributed by atoms with Crippen molar-refractivity contribution in [2.45, 2.75) is 19.9 Å². The van der Waals surface area contributed by atoms with E-state index >= 15 is 0 Å². The largest absolute Gasteiger partial charge is 0.495 e. The van der Waals surface area contributed by atoms with Crippen molar-refractivity contribution in [1.29, 1.82) is 0 Å². The average molecular weight is 294 g/mol. The second-order valence-electron chi connectivity index (χ2n) is 4.72. The van der Waals surface area contributed by atoms with Gasteiger partial charge in [0.05, 0.1) is 12.1 Å². The maximum Gasteiger partial charge on any atom is 0.352 e. The van der Waals surface area contributed by atoms with Crippen LogP contribution in [-0.2, 0) is 0 Å². The monoisotopic (exact) mass is 293 g/mol. The molecule has 0 aliphatic heterocycles. The molecule has 0 saturated carbocycles. The van der Waals surface area contributed by atoms with Crippen LogP contribution in [0.3, 0.4) is 0 Å². The molecule has 0 radical (unpaired) electrons. The first-order valence-electron chi connectivity index (χ1n) is 6.24. The van der Waals surface area contributed by atoms with Gasteiger partial charge in [-0.15, -0.1) is 0 Å². The molecule has 0 atom stereocenters. The van der Waals surface area contributed by atoms with Gasteiger partial charge in [-0.3, -0.25) is 0 Å². The van der Waals surface area contributed by atoms with Crippen molar-refractivity contribution in [1.82, 2.24) is 4.57 Å². The molecule has 2 aromatic rings. The van der Waals surface area contributed by atoms with Crippen molar-refractivity contribution in [3.8, 4) is 17.0 Å². The van der Waals surface area contributed by atoms with Crippen molar-refractivity contribution >= 4 is 17.6 Å². The first-order chi connectivity index (χ1) is 9.45. The fourth-order valence-electron chi connectivity index (χ4n) is 2.23. The summed E-state index contributed by atoms with van der Waals surface area (Å²) in [4.78, 5) is 11.3. The Morgan fingerprint density at radius 3 is 2.55 bits per heavy atom. The molecule has 1 aromatic carbocycles. The van der Waals surface area contributed by atoms with Gasteiger partial charge in [-0.25, -0.2) is 4.79 Å². The van der Waals surface area contributed by atoms with Crippen molar-refractivity contribution in [3.05, 3.63) is 41.0 Å². The zero-order valence-corrected chi connectivity index (χ0v) is 12.3. The first-order valence-corrected chi connectivity index (χ1v) is 6.62. The van der Waals surface area contributed by atoms with E-state index in [1.165, 1.54) is 0 Å². The highest BCUT2D eigenvalue weighted by Gasteiger charge is 2.18. The number of ether oxygens (including phenoxy) is 1. The standard InChI is InChI=1S/C15H16ClNO3/c1-9(2)17-12(6-7-13(17)15(18)19)10-4-5-11(16)14(8-10)20-3/h4-9H,1-3H3,(H,18,19). The third-order valence-electron chi connectivity index (χ3n) is 3.10. The molecule has 0 bridgehead atoms. The van der Waals surface area contributed by atoms with E-state index in [4.69, 9.17) is 16.3 Å². The second kappa shape index (κ2) is 5.59. The Bertz CT molecular complexity index is 647. The van der Waals surface area contributed by atoms with Crippen LogP contribution >= 0.6 is 11.6 Å². The summed E-state index contributed by atoms with van der Waals surface area (Å²) in [5.74, 6) is -0.372. The lowest BCUT2D eigenvalue weighted by Crippen LogP contribution is -2.11. The number of aromatic carboxylic acids is 1. The quantitative estimate of drug-likeness (QED) is 0.923. The summed E-state index contributed by atoms with van der Waals surface area (Å²) in [7, 11) is 1.55. The number of carbonyl (C=O) groups is 1. The minimum atomic E-state index is -0.939. The molecule has 0 saturated heterocycles. The van der Waals surface area contributed by atoms with Gasteiger partial charge in [0.1, 0.15) is 11.4 Å². The number of carboxylic acids is 1. The molecule has 0 spiro atoms. The van der Waals surface area contributed by atoms with Crippen molar-refractivity contribution in [3.63, 3.8) is 0 Å². The highest BCUT2D eigenvalue weighted by molar-refractivity contribution is 6.32. The Balaban J connectivity index is 2.61. The number of methoxy groups -OCH3 is 1. The van der Waals surface area contributed by atoms with E-state index in [2.05, 4.69) is 0 Å². The molecule has 0 fully saturated rings. The van der Waals surface area contributed by atoms with Crippen LogP contribution in [0, 0.1) is 0 Å². The Labute approximate surface area is 122 Å². The lowest BCUT2D eigenvalue weighted by atomic mass is 10.1. The second-order valence-corrected chi connectivity index (χ2v) is 5.13. The fourth-order valence-corrected chi connectivity index (χ4v) is 2.43. The number of rotatable bonds is 4. The van der Waals surface area contributed by atoms with Crippen LogP contribution in [-0.4, -0.2) is 22.8 Å². The van der Waals surface area contributed by atoms with E-state index in [1.54, 1.807) is 29.9 Å². The third-order valence-corrected chi connectivity index (χ3v) is 3.41. The summed E-state index contributed by atoms with van der Waals surface area (Å²) in [6.07, 6.45) is 0. The molecule has 106 valence electrons. The number of carboxylic acid groups (broad SMARTS) is 1. The molecule has 2 rings (SSSR count). The number of nitrogens with zero attached hydrogens (tertiary/aromatic N) is 1. The van der Waals surface area contributed by atoms with Gasteiger partial charge in [-0.05, 0) is 38.1 Å². The molecule has 1 aromatic heterocycles. The first kappa shape index (κ1) is 14.5. The molecule has 0 aliphatic rings. The van der Waals surface area contributed by atoms with E-state index in [0.717, 1.165) is 11.3 Å². The molecule has 1 heterocycles. The number of benzene rings is 1. The molecule has 0 unspecified atom stereocenters. The lowest BCUT2D eigenvalue weighted by molar-refractivity contribution is 0.0683. The summed E-state index contributed by atoms with van der Waals surface area (Å²) in [6, 6.07) is 8.85. The van der Waals surface area contributed by atoms with E-state index < -0.39 is 5.97 Å². The van der Waals surface area contributed by atoms with Gasteiger partial charge < -0.3 is 14.4 Å². The Hall–Kier alpha value is -1.94.